The molecule has 0 saturated heterocycles. The third kappa shape index (κ3) is 4.66. The summed E-state index contributed by atoms with van der Waals surface area (Å²) in [6.45, 7) is 5.90. The van der Waals surface area contributed by atoms with Crippen molar-refractivity contribution < 1.29 is 18.4 Å². The van der Waals surface area contributed by atoms with Gasteiger partial charge in [-0.05, 0) is 68.3 Å². The molecule has 0 N–H and O–H groups in total. The smallest absolute Gasteiger partial charge is 0.418 e. The maximum Gasteiger partial charge on any atom is 0.418 e. The Hall–Kier alpha value is -2.84. The minimum Gasteiger partial charge on any atom is -0.418 e. The van der Waals surface area contributed by atoms with E-state index in [0.717, 1.165) is 22.3 Å². The molecular formula is C22H21O4P. The van der Waals surface area contributed by atoms with E-state index in [1.807, 2.05) is 39.0 Å². The van der Waals surface area contributed by atoms with Gasteiger partial charge in [-0.1, -0.05) is 35.9 Å². The summed E-state index contributed by atoms with van der Waals surface area (Å²) in [7, 11) is -2.73. The Labute approximate surface area is 159 Å². The van der Waals surface area contributed by atoms with Gasteiger partial charge in [0.15, 0.2) is 5.78 Å². The Balaban J connectivity index is 1.72. The van der Waals surface area contributed by atoms with Gasteiger partial charge in [0.25, 0.3) is 0 Å². The SMILES string of the molecule is Cc1cc(C)c(C(=O)c2ccc(O[PH](=O)Oc3ccccc3)cc2)c(C)c1. The van der Waals surface area contributed by atoms with Crippen LogP contribution < -0.4 is 9.05 Å². The molecule has 0 radical (unpaired) electrons. The summed E-state index contributed by atoms with van der Waals surface area (Å²) in [6.07, 6.45) is 0. The standard InChI is InChI=1S/C22H21O4P/c1-15-13-16(2)21(17(3)14-15)22(23)18-9-11-20(12-10-18)26-27(24)25-19-7-5-4-6-8-19/h4-14,27H,1-3H3. The topological polar surface area (TPSA) is 52.6 Å². The fraction of sp³-hybridized carbons (Fsp3) is 0.136. The Morgan fingerprint density at radius 3 is 1.85 bits per heavy atom. The van der Waals surface area contributed by atoms with Crippen LogP contribution in [0.15, 0.2) is 66.7 Å². The van der Waals surface area contributed by atoms with E-state index in [2.05, 4.69) is 0 Å². The number of hydrogen-bond acceptors (Lipinski definition) is 4. The number of benzene rings is 3. The van der Waals surface area contributed by atoms with Gasteiger partial charge in [-0.2, -0.15) is 0 Å². The number of aryl methyl sites for hydroxylation is 3. The molecule has 0 aliphatic rings. The molecule has 0 fully saturated rings. The van der Waals surface area contributed by atoms with Gasteiger partial charge in [0, 0.05) is 11.1 Å². The van der Waals surface area contributed by atoms with Gasteiger partial charge < -0.3 is 9.05 Å². The Bertz CT molecular complexity index is 956. The highest BCUT2D eigenvalue weighted by molar-refractivity contribution is 7.34. The van der Waals surface area contributed by atoms with Crippen LogP contribution in [0, 0.1) is 20.8 Å². The van der Waals surface area contributed by atoms with Crippen molar-refractivity contribution in [2.24, 2.45) is 0 Å². The minimum atomic E-state index is -2.73. The Morgan fingerprint density at radius 2 is 1.30 bits per heavy atom. The lowest BCUT2D eigenvalue weighted by Crippen LogP contribution is -2.06. The molecule has 3 aromatic carbocycles. The van der Waals surface area contributed by atoms with Crippen molar-refractivity contribution in [2.45, 2.75) is 20.8 Å². The van der Waals surface area contributed by atoms with E-state index in [9.17, 15) is 9.36 Å². The van der Waals surface area contributed by atoms with Crippen molar-refractivity contribution in [3.8, 4) is 11.5 Å². The molecule has 0 spiro atoms. The summed E-state index contributed by atoms with van der Waals surface area (Å²) in [4.78, 5) is 12.9. The number of carbonyl (C=O) groups is 1. The third-order valence-electron chi connectivity index (χ3n) is 4.17. The number of ketones is 1. The van der Waals surface area contributed by atoms with Crippen LogP contribution in [0.4, 0.5) is 0 Å². The lowest BCUT2D eigenvalue weighted by Gasteiger charge is -2.11. The van der Waals surface area contributed by atoms with Crippen LogP contribution >= 0.6 is 8.25 Å². The summed E-state index contributed by atoms with van der Waals surface area (Å²) in [5.74, 6) is 0.840. The molecule has 5 heteroatoms. The van der Waals surface area contributed by atoms with Crippen LogP contribution in [-0.4, -0.2) is 5.78 Å². The van der Waals surface area contributed by atoms with E-state index in [4.69, 9.17) is 9.05 Å². The van der Waals surface area contributed by atoms with Gasteiger partial charge in [0.2, 0.25) is 0 Å². The van der Waals surface area contributed by atoms with Crippen LogP contribution in [0.2, 0.25) is 0 Å². The lowest BCUT2D eigenvalue weighted by atomic mass is 9.93. The first-order valence-corrected chi connectivity index (χ1v) is 9.84. The van der Waals surface area contributed by atoms with Crippen molar-refractivity contribution in [3.63, 3.8) is 0 Å². The zero-order valence-electron chi connectivity index (χ0n) is 15.5. The normalized spacial score (nSPS) is 11.7. The summed E-state index contributed by atoms with van der Waals surface area (Å²) in [5, 5.41) is 0. The van der Waals surface area contributed by atoms with Gasteiger partial charge in [-0.15, -0.1) is 0 Å². The van der Waals surface area contributed by atoms with E-state index in [0.29, 0.717) is 17.1 Å². The van der Waals surface area contributed by atoms with Crippen LogP contribution in [0.3, 0.4) is 0 Å². The van der Waals surface area contributed by atoms with Gasteiger partial charge in [0.05, 0.1) is 0 Å². The van der Waals surface area contributed by atoms with Crippen molar-refractivity contribution >= 4 is 14.0 Å². The molecule has 0 aliphatic carbocycles. The average molecular weight is 380 g/mol. The first kappa shape index (κ1) is 18.9. The zero-order valence-corrected chi connectivity index (χ0v) is 16.5. The van der Waals surface area contributed by atoms with E-state index in [1.165, 1.54) is 0 Å². The highest BCUT2D eigenvalue weighted by Gasteiger charge is 2.15. The molecule has 0 heterocycles. The fourth-order valence-electron chi connectivity index (χ4n) is 3.06. The van der Waals surface area contributed by atoms with Crippen molar-refractivity contribution in [1.82, 2.24) is 0 Å². The number of para-hydroxylation sites is 1. The maximum absolute atomic E-state index is 12.9. The molecule has 0 aliphatic heterocycles. The average Bonchev–Trinajstić information content (AvgIpc) is 2.62. The quantitative estimate of drug-likeness (QED) is 0.407. The van der Waals surface area contributed by atoms with E-state index < -0.39 is 8.25 Å². The predicted molar refractivity (Wildman–Crippen MR) is 107 cm³/mol. The molecule has 0 amide bonds. The Morgan fingerprint density at radius 1 is 0.778 bits per heavy atom. The first-order chi connectivity index (χ1) is 12.9. The molecule has 0 saturated carbocycles. The molecule has 1 atom stereocenters. The molecule has 27 heavy (non-hydrogen) atoms. The third-order valence-corrected chi connectivity index (χ3v) is 4.97. The van der Waals surface area contributed by atoms with Gasteiger partial charge in [-0.25, -0.2) is 4.57 Å². The van der Waals surface area contributed by atoms with Gasteiger partial charge in [-0.3, -0.25) is 4.79 Å². The van der Waals surface area contributed by atoms with Gasteiger partial charge >= 0.3 is 8.25 Å². The Kier molecular flexibility index (Phi) is 5.78. The second kappa shape index (κ2) is 8.24. The predicted octanol–water partition coefficient (Wildman–Crippen LogP) is 5.69. The molecule has 1 unspecified atom stereocenters. The monoisotopic (exact) mass is 380 g/mol. The molecule has 138 valence electrons. The molecule has 0 bridgehead atoms. The van der Waals surface area contributed by atoms with E-state index >= 15 is 0 Å². The summed E-state index contributed by atoms with van der Waals surface area (Å²) in [6, 6.07) is 19.5. The largest absolute Gasteiger partial charge is 0.418 e. The highest BCUT2D eigenvalue weighted by Crippen LogP contribution is 2.30. The van der Waals surface area contributed by atoms with Crippen molar-refractivity contribution in [3.05, 3.63) is 94.5 Å². The fourth-order valence-corrected chi connectivity index (χ4v) is 3.76. The molecular weight excluding hydrogens is 359 g/mol. The number of rotatable bonds is 6. The minimum absolute atomic E-state index is 0.0373. The molecule has 0 aromatic heterocycles. The highest BCUT2D eigenvalue weighted by atomic mass is 31.1. The summed E-state index contributed by atoms with van der Waals surface area (Å²) in [5.41, 5.74) is 4.32. The molecule has 4 nitrogen and oxygen atoms in total. The summed E-state index contributed by atoms with van der Waals surface area (Å²) >= 11 is 0. The van der Waals surface area contributed by atoms with Crippen LogP contribution in [0.1, 0.15) is 32.6 Å². The lowest BCUT2D eigenvalue weighted by molar-refractivity contribution is 0.103. The zero-order chi connectivity index (χ0) is 19.4. The van der Waals surface area contributed by atoms with Crippen LogP contribution in [0.25, 0.3) is 0 Å². The summed E-state index contributed by atoms with van der Waals surface area (Å²) < 4.78 is 22.6. The second-order valence-electron chi connectivity index (χ2n) is 6.39. The number of hydrogen-bond donors (Lipinski definition) is 0. The molecule has 3 aromatic rings. The van der Waals surface area contributed by atoms with E-state index in [-0.39, 0.29) is 5.78 Å². The first-order valence-electron chi connectivity index (χ1n) is 8.61. The van der Waals surface area contributed by atoms with E-state index in [1.54, 1.807) is 48.5 Å². The van der Waals surface area contributed by atoms with Crippen LogP contribution in [-0.2, 0) is 4.57 Å². The van der Waals surface area contributed by atoms with Crippen molar-refractivity contribution in [2.75, 3.05) is 0 Å². The van der Waals surface area contributed by atoms with Crippen LogP contribution in [0.5, 0.6) is 11.5 Å². The second-order valence-corrected chi connectivity index (χ2v) is 7.30. The maximum atomic E-state index is 12.9. The van der Waals surface area contributed by atoms with Crippen molar-refractivity contribution in [1.29, 1.82) is 0 Å². The van der Waals surface area contributed by atoms with Gasteiger partial charge in [0.1, 0.15) is 11.5 Å². The molecule has 3 rings (SSSR count). The number of carbonyl (C=O) groups excluding carboxylic acids is 1.